The molecule has 0 atom stereocenters. The average Bonchev–Trinajstić information content (AvgIpc) is 2.35. The molecule has 1 N–H and O–H groups in total. The van der Waals surface area contributed by atoms with Gasteiger partial charge in [-0.05, 0) is 19.8 Å². The highest BCUT2D eigenvalue weighted by atomic mass is 16.5. The summed E-state index contributed by atoms with van der Waals surface area (Å²) >= 11 is 0. The van der Waals surface area contributed by atoms with Crippen molar-refractivity contribution in [1.29, 1.82) is 0 Å². The summed E-state index contributed by atoms with van der Waals surface area (Å²) in [4.78, 5) is 21.9. The van der Waals surface area contributed by atoms with Crippen LogP contribution in [0.4, 0.5) is 0 Å². The second-order valence-electron chi connectivity index (χ2n) is 5.32. The minimum absolute atomic E-state index is 0.0787. The van der Waals surface area contributed by atoms with E-state index in [0.717, 1.165) is 32.2 Å². The molecule has 4 nitrogen and oxygen atoms in total. The molecule has 19 heavy (non-hydrogen) atoms. The molecule has 0 radical (unpaired) electrons. The lowest BCUT2D eigenvalue weighted by molar-refractivity contribution is -0.124. The molecule has 0 aliphatic heterocycles. The van der Waals surface area contributed by atoms with Crippen molar-refractivity contribution in [2.24, 2.45) is 5.92 Å². The van der Waals surface area contributed by atoms with Crippen LogP contribution in [0.25, 0.3) is 0 Å². The van der Waals surface area contributed by atoms with Crippen LogP contribution in [-0.4, -0.2) is 31.4 Å². The van der Waals surface area contributed by atoms with Gasteiger partial charge in [-0.2, -0.15) is 0 Å². The molecule has 0 aliphatic rings. The first-order chi connectivity index (χ1) is 9.04. The van der Waals surface area contributed by atoms with E-state index in [1.807, 2.05) is 13.8 Å². The lowest BCUT2D eigenvalue weighted by atomic mass is 10.1. The zero-order valence-corrected chi connectivity index (χ0v) is 12.7. The van der Waals surface area contributed by atoms with Gasteiger partial charge in [0.25, 0.3) is 0 Å². The number of rotatable bonds is 12. The normalized spacial score (nSPS) is 10.7. The number of carbonyl (C=O) groups is 2. The van der Waals surface area contributed by atoms with Crippen LogP contribution >= 0.6 is 0 Å². The van der Waals surface area contributed by atoms with Gasteiger partial charge in [0.15, 0.2) is 5.78 Å². The van der Waals surface area contributed by atoms with Crippen molar-refractivity contribution in [3.8, 4) is 0 Å². The van der Waals surface area contributed by atoms with Crippen LogP contribution in [0.3, 0.4) is 0 Å². The quantitative estimate of drug-likeness (QED) is 0.555. The summed E-state index contributed by atoms with van der Waals surface area (Å²) in [5, 5.41) is 2.92. The lowest BCUT2D eigenvalue weighted by Crippen LogP contribution is -2.28. The molecule has 0 aromatic carbocycles. The van der Waals surface area contributed by atoms with Gasteiger partial charge >= 0.3 is 0 Å². The van der Waals surface area contributed by atoms with E-state index in [1.54, 1.807) is 0 Å². The maximum absolute atomic E-state index is 11.3. The molecule has 1 amide bonds. The third-order valence-corrected chi connectivity index (χ3v) is 2.84. The number of carbonyl (C=O) groups excluding carboxylic acids is 2. The predicted octanol–water partition coefficient (Wildman–Crippen LogP) is 2.70. The highest BCUT2D eigenvalue weighted by molar-refractivity contribution is 5.77. The Labute approximate surface area is 117 Å². The fourth-order valence-electron chi connectivity index (χ4n) is 1.67. The number of nitrogens with one attached hydrogen (secondary N) is 1. The minimum atomic E-state index is 0.0787. The zero-order chi connectivity index (χ0) is 14.5. The first-order valence-corrected chi connectivity index (χ1v) is 7.39. The lowest BCUT2D eigenvalue weighted by Gasteiger charge is -2.07. The van der Waals surface area contributed by atoms with E-state index in [9.17, 15) is 9.59 Å². The Kier molecular flexibility index (Phi) is 11.6. The van der Waals surface area contributed by atoms with Gasteiger partial charge in [0.2, 0.25) is 5.91 Å². The number of ketones is 1. The van der Waals surface area contributed by atoms with Gasteiger partial charge in [0, 0.05) is 19.1 Å². The molecule has 0 fully saturated rings. The SMILES string of the molecule is CC(=O)COCCCCCCCCNC(=O)C(C)C. The van der Waals surface area contributed by atoms with Crippen LogP contribution in [0.2, 0.25) is 0 Å². The second kappa shape index (κ2) is 12.2. The number of unbranched alkanes of at least 4 members (excludes halogenated alkanes) is 5. The number of ether oxygens (including phenoxy) is 1. The molecular weight excluding hydrogens is 242 g/mol. The van der Waals surface area contributed by atoms with Gasteiger partial charge in [-0.3, -0.25) is 9.59 Å². The number of hydrogen-bond acceptors (Lipinski definition) is 3. The summed E-state index contributed by atoms with van der Waals surface area (Å²) in [5.41, 5.74) is 0. The van der Waals surface area contributed by atoms with Crippen LogP contribution in [0.15, 0.2) is 0 Å². The third kappa shape index (κ3) is 13.3. The van der Waals surface area contributed by atoms with E-state index in [0.29, 0.717) is 6.61 Å². The van der Waals surface area contributed by atoms with Crippen molar-refractivity contribution in [3.05, 3.63) is 0 Å². The standard InChI is InChI=1S/C15H29NO3/c1-13(2)15(18)16-10-8-6-4-5-7-9-11-19-12-14(3)17/h13H,4-12H2,1-3H3,(H,16,18). The Balaban J connectivity index is 3.11. The Morgan fingerprint density at radius 3 is 2.16 bits per heavy atom. The molecule has 0 rings (SSSR count). The van der Waals surface area contributed by atoms with Crippen molar-refractivity contribution < 1.29 is 14.3 Å². The van der Waals surface area contributed by atoms with Crippen LogP contribution in [0.5, 0.6) is 0 Å². The maximum Gasteiger partial charge on any atom is 0.222 e. The van der Waals surface area contributed by atoms with Gasteiger partial charge < -0.3 is 10.1 Å². The first kappa shape index (κ1) is 18.1. The molecule has 112 valence electrons. The molecule has 0 spiro atoms. The summed E-state index contributed by atoms with van der Waals surface area (Å²) in [6, 6.07) is 0. The van der Waals surface area contributed by atoms with Crippen LogP contribution < -0.4 is 5.32 Å². The molecule has 0 heterocycles. The largest absolute Gasteiger partial charge is 0.374 e. The predicted molar refractivity (Wildman–Crippen MR) is 77.0 cm³/mol. The molecule has 4 heteroatoms. The van der Waals surface area contributed by atoms with E-state index < -0.39 is 0 Å². The Hall–Kier alpha value is -0.900. The Bertz CT molecular complexity index is 252. The molecule has 0 saturated carbocycles. The third-order valence-electron chi connectivity index (χ3n) is 2.84. The van der Waals surface area contributed by atoms with Crippen LogP contribution in [-0.2, 0) is 14.3 Å². The van der Waals surface area contributed by atoms with E-state index >= 15 is 0 Å². The molecule has 0 aromatic heterocycles. The van der Waals surface area contributed by atoms with Gasteiger partial charge in [-0.25, -0.2) is 0 Å². The highest BCUT2D eigenvalue weighted by Gasteiger charge is 2.04. The highest BCUT2D eigenvalue weighted by Crippen LogP contribution is 2.05. The minimum Gasteiger partial charge on any atom is -0.374 e. The number of hydrogen-bond donors (Lipinski definition) is 1. The van der Waals surface area contributed by atoms with Crippen molar-refractivity contribution in [2.75, 3.05) is 19.8 Å². The second-order valence-corrected chi connectivity index (χ2v) is 5.32. The molecule has 0 aliphatic carbocycles. The number of Topliss-reactive ketones (excluding diaryl/α,β-unsaturated/α-hetero) is 1. The maximum atomic E-state index is 11.3. The van der Waals surface area contributed by atoms with Gasteiger partial charge in [-0.15, -0.1) is 0 Å². The molecular formula is C15H29NO3. The summed E-state index contributed by atoms with van der Waals surface area (Å²) in [5.74, 6) is 0.307. The molecule has 0 aromatic rings. The summed E-state index contributed by atoms with van der Waals surface area (Å²) < 4.78 is 5.19. The van der Waals surface area contributed by atoms with E-state index in [2.05, 4.69) is 5.32 Å². The first-order valence-electron chi connectivity index (χ1n) is 7.39. The van der Waals surface area contributed by atoms with Gasteiger partial charge in [0.05, 0.1) is 0 Å². The van der Waals surface area contributed by atoms with E-state index in [1.165, 1.54) is 19.8 Å². The van der Waals surface area contributed by atoms with Crippen molar-refractivity contribution >= 4 is 11.7 Å². The molecule has 0 unspecified atom stereocenters. The van der Waals surface area contributed by atoms with Gasteiger partial charge in [0.1, 0.15) is 6.61 Å². The molecule has 0 bridgehead atoms. The Morgan fingerprint density at radius 2 is 1.58 bits per heavy atom. The zero-order valence-electron chi connectivity index (χ0n) is 12.7. The van der Waals surface area contributed by atoms with Crippen molar-refractivity contribution in [1.82, 2.24) is 5.32 Å². The molecule has 0 saturated heterocycles. The fraction of sp³-hybridized carbons (Fsp3) is 0.867. The van der Waals surface area contributed by atoms with Crippen LogP contribution in [0.1, 0.15) is 59.3 Å². The van der Waals surface area contributed by atoms with E-state index in [4.69, 9.17) is 4.74 Å². The fourth-order valence-corrected chi connectivity index (χ4v) is 1.67. The topological polar surface area (TPSA) is 55.4 Å². The summed E-state index contributed by atoms with van der Waals surface area (Å²) in [7, 11) is 0. The van der Waals surface area contributed by atoms with Crippen molar-refractivity contribution in [2.45, 2.75) is 59.3 Å². The van der Waals surface area contributed by atoms with E-state index in [-0.39, 0.29) is 24.2 Å². The van der Waals surface area contributed by atoms with Crippen molar-refractivity contribution in [3.63, 3.8) is 0 Å². The Morgan fingerprint density at radius 1 is 1.00 bits per heavy atom. The monoisotopic (exact) mass is 271 g/mol. The number of amides is 1. The summed E-state index contributed by atoms with van der Waals surface area (Å²) in [6.45, 7) is 7.07. The van der Waals surface area contributed by atoms with Crippen LogP contribution in [0, 0.1) is 5.92 Å². The smallest absolute Gasteiger partial charge is 0.222 e. The summed E-state index contributed by atoms with van der Waals surface area (Å²) in [6.07, 6.45) is 6.78. The average molecular weight is 271 g/mol. The van der Waals surface area contributed by atoms with Gasteiger partial charge in [-0.1, -0.05) is 39.5 Å².